The van der Waals surface area contributed by atoms with Gasteiger partial charge in [0.2, 0.25) is 5.91 Å². The molecule has 0 spiro atoms. The van der Waals surface area contributed by atoms with E-state index in [2.05, 4.69) is 16.7 Å². The Kier molecular flexibility index (Phi) is 5.13. The number of carbonyl (C=O) groups excluding carboxylic acids is 1. The van der Waals surface area contributed by atoms with Crippen LogP contribution in [0.2, 0.25) is 0 Å². The van der Waals surface area contributed by atoms with Crippen LogP contribution in [0, 0.1) is 11.3 Å². The van der Waals surface area contributed by atoms with Gasteiger partial charge in [-0.15, -0.1) is 0 Å². The Balaban J connectivity index is 2.24. The van der Waals surface area contributed by atoms with E-state index in [9.17, 15) is 4.79 Å². The van der Waals surface area contributed by atoms with E-state index in [-0.39, 0.29) is 11.9 Å². The zero-order valence-electron chi connectivity index (χ0n) is 9.25. The molecule has 2 atom stereocenters. The lowest BCUT2D eigenvalue weighted by Crippen LogP contribution is -2.37. The monoisotopic (exact) mass is 209 g/mol. The van der Waals surface area contributed by atoms with Crippen LogP contribution in [0.1, 0.15) is 39.0 Å². The van der Waals surface area contributed by atoms with Gasteiger partial charge < -0.3 is 10.6 Å². The van der Waals surface area contributed by atoms with Crippen molar-refractivity contribution in [2.24, 2.45) is 0 Å². The Morgan fingerprint density at radius 3 is 3.07 bits per heavy atom. The largest absolute Gasteiger partial charge is 0.352 e. The minimum Gasteiger partial charge on any atom is -0.352 e. The van der Waals surface area contributed by atoms with Crippen LogP contribution in [0.4, 0.5) is 0 Å². The third-order valence-corrected chi connectivity index (χ3v) is 2.79. The molecule has 1 rings (SSSR count). The third-order valence-electron chi connectivity index (χ3n) is 2.79. The van der Waals surface area contributed by atoms with Crippen molar-refractivity contribution in [1.82, 2.24) is 10.6 Å². The highest BCUT2D eigenvalue weighted by Crippen LogP contribution is 2.08. The van der Waals surface area contributed by atoms with Gasteiger partial charge in [0.25, 0.3) is 0 Å². The molecule has 0 saturated carbocycles. The minimum absolute atomic E-state index is 0.0175. The van der Waals surface area contributed by atoms with Crippen LogP contribution in [0.25, 0.3) is 0 Å². The van der Waals surface area contributed by atoms with Crippen molar-refractivity contribution in [2.45, 2.75) is 51.1 Å². The molecule has 1 saturated heterocycles. The Labute approximate surface area is 91.0 Å². The van der Waals surface area contributed by atoms with E-state index in [4.69, 9.17) is 5.26 Å². The molecule has 1 fully saturated rings. The molecular weight excluding hydrogens is 190 g/mol. The average molecular weight is 209 g/mol. The molecule has 0 bridgehead atoms. The van der Waals surface area contributed by atoms with Crippen molar-refractivity contribution >= 4 is 5.91 Å². The molecule has 84 valence electrons. The lowest BCUT2D eigenvalue weighted by molar-refractivity contribution is -0.122. The van der Waals surface area contributed by atoms with Gasteiger partial charge in [-0.1, -0.05) is 6.92 Å². The second-order valence-electron chi connectivity index (χ2n) is 4.03. The molecule has 4 nitrogen and oxygen atoms in total. The molecule has 2 unspecified atom stereocenters. The molecule has 4 heteroatoms. The zero-order valence-corrected chi connectivity index (χ0v) is 9.25. The van der Waals surface area contributed by atoms with E-state index in [1.165, 1.54) is 0 Å². The van der Waals surface area contributed by atoms with E-state index in [1.807, 2.05) is 6.92 Å². The Morgan fingerprint density at radius 2 is 2.53 bits per heavy atom. The van der Waals surface area contributed by atoms with Crippen molar-refractivity contribution in [3.63, 3.8) is 0 Å². The van der Waals surface area contributed by atoms with Gasteiger partial charge in [-0.3, -0.25) is 4.79 Å². The number of nitriles is 1. The van der Waals surface area contributed by atoms with Gasteiger partial charge >= 0.3 is 0 Å². The van der Waals surface area contributed by atoms with E-state index in [1.54, 1.807) is 0 Å². The predicted molar refractivity (Wildman–Crippen MR) is 58.1 cm³/mol. The fraction of sp³-hybridized carbons (Fsp3) is 0.818. The van der Waals surface area contributed by atoms with Crippen LogP contribution in [0.3, 0.4) is 0 Å². The summed E-state index contributed by atoms with van der Waals surface area (Å²) in [4.78, 5) is 11.6. The number of rotatable bonds is 5. The van der Waals surface area contributed by atoms with Gasteiger partial charge in [0.1, 0.15) is 0 Å². The second kappa shape index (κ2) is 6.41. The van der Waals surface area contributed by atoms with Crippen LogP contribution in [0.15, 0.2) is 0 Å². The number of nitrogens with one attached hydrogen (secondary N) is 2. The van der Waals surface area contributed by atoms with Crippen molar-refractivity contribution in [2.75, 3.05) is 6.54 Å². The molecule has 1 amide bonds. The molecule has 1 aliphatic rings. The van der Waals surface area contributed by atoms with Gasteiger partial charge in [-0.25, -0.2) is 0 Å². The van der Waals surface area contributed by atoms with E-state index in [0.29, 0.717) is 18.9 Å². The maximum atomic E-state index is 11.6. The highest BCUT2D eigenvalue weighted by molar-refractivity contribution is 5.76. The second-order valence-corrected chi connectivity index (χ2v) is 4.03. The zero-order chi connectivity index (χ0) is 11.1. The molecule has 2 N–H and O–H groups in total. The topological polar surface area (TPSA) is 64.9 Å². The lowest BCUT2D eigenvalue weighted by atomic mass is 10.1. The summed E-state index contributed by atoms with van der Waals surface area (Å²) in [6.45, 7) is 3.00. The summed E-state index contributed by atoms with van der Waals surface area (Å²) in [6.07, 6.45) is 4.01. The summed E-state index contributed by atoms with van der Waals surface area (Å²) in [5.41, 5.74) is 0. The standard InChI is InChI=1S/C11H19N3O/c1-2-9(5-6-12)14-11(15)8-10-4-3-7-13-10/h9-10,13H,2-5,7-8H2,1H3,(H,14,15). The first-order valence-electron chi connectivity index (χ1n) is 5.66. The smallest absolute Gasteiger partial charge is 0.221 e. The number of hydrogen-bond acceptors (Lipinski definition) is 3. The highest BCUT2D eigenvalue weighted by atomic mass is 16.1. The summed E-state index contributed by atoms with van der Waals surface area (Å²) in [5.74, 6) is 0.0662. The van der Waals surface area contributed by atoms with Gasteiger partial charge in [0, 0.05) is 18.5 Å². The van der Waals surface area contributed by atoms with Crippen molar-refractivity contribution in [1.29, 1.82) is 5.26 Å². The first-order chi connectivity index (χ1) is 7.26. The van der Waals surface area contributed by atoms with Crippen LogP contribution in [-0.4, -0.2) is 24.5 Å². The van der Waals surface area contributed by atoms with Gasteiger partial charge in [0.15, 0.2) is 0 Å². The first kappa shape index (κ1) is 12.0. The number of nitrogens with zero attached hydrogens (tertiary/aromatic N) is 1. The summed E-state index contributed by atoms with van der Waals surface area (Å²) < 4.78 is 0. The minimum atomic E-state index is 0.0175. The number of hydrogen-bond donors (Lipinski definition) is 2. The Bertz CT molecular complexity index is 241. The molecule has 0 aromatic rings. The van der Waals surface area contributed by atoms with Crippen molar-refractivity contribution in [3.8, 4) is 6.07 Å². The molecular formula is C11H19N3O. The van der Waals surface area contributed by atoms with Crippen molar-refractivity contribution in [3.05, 3.63) is 0 Å². The molecule has 15 heavy (non-hydrogen) atoms. The molecule has 0 aromatic heterocycles. The van der Waals surface area contributed by atoms with Crippen LogP contribution >= 0.6 is 0 Å². The fourth-order valence-electron chi connectivity index (χ4n) is 1.85. The summed E-state index contributed by atoms with van der Waals surface area (Å²) in [6, 6.07) is 2.44. The summed E-state index contributed by atoms with van der Waals surface area (Å²) in [7, 11) is 0. The van der Waals surface area contributed by atoms with Gasteiger partial charge in [-0.05, 0) is 25.8 Å². The molecule has 1 aliphatic heterocycles. The van der Waals surface area contributed by atoms with Crippen LogP contribution in [0.5, 0.6) is 0 Å². The fourth-order valence-corrected chi connectivity index (χ4v) is 1.85. The summed E-state index contributed by atoms with van der Waals surface area (Å²) in [5, 5.41) is 14.7. The SMILES string of the molecule is CCC(CC#N)NC(=O)CC1CCCN1. The van der Waals surface area contributed by atoms with E-state index >= 15 is 0 Å². The maximum Gasteiger partial charge on any atom is 0.221 e. The van der Waals surface area contributed by atoms with E-state index in [0.717, 1.165) is 25.8 Å². The van der Waals surface area contributed by atoms with Crippen LogP contribution < -0.4 is 10.6 Å². The number of carbonyl (C=O) groups is 1. The molecule has 0 radical (unpaired) electrons. The van der Waals surface area contributed by atoms with Gasteiger partial charge in [0.05, 0.1) is 12.5 Å². The molecule has 0 aliphatic carbocycles. The first-order valence-corrected chi connectivity index (χ1v) is 5.66. The molecule has 0 aromatic carbocycles. The Morgan fingerprint density at radius 1 is 1.73 bits per heavy atom. The van der Waals surface area contributed by atoms with Gasteiger partial charge in [-0.2, -0.15) is 5.26 Å². The predicted octanol–water partition coefficient (Wildman–Crippen LogP) is 0.937. The average Bonchev–Trinajstić information content (AvgIpc) is 2.69. The highest BCUT2D eigenvalue weighted by Gasteiger charge is 2.18. The normalized spacial score (nSPS) is 22.0. The number of amides is 1. The maximum absolute atomic E-state index is 11.6. The summed E-state index contributed by atoms with van der Waals surface area (Å²) >= 11 is 0. The van der Waals surface area contributed by atoms with Crippen molar-refractivity contribution < 1.29 is 4.79 Å². The van der Waals surface area contributed by atoms with Crippen LogP contribution in [-0.2, 0) is 4.79 Å². The lowest BCUT2D eigenvalue weighted by Gasteiger charge is -2.15. The Hall–Kier alpha value is -1.08. The molecule has 1 heterocycles. The quantitative estimate of drug-likeness (QED) is 0.708. The van der Waals surface area contributed by atoms with E-state index < -0.39 is 0 Å². The third kappa shape index (κ3) is 4.30.